The van der Waals surface area contributed by atoms with Crippen LogP contribution in [0.25, 0.3) is 0 Å². The molecule has 0 aliphatic heterocycles. The Morgan fingerprint density at radius 2 is 1.80 bits per heavy atom. The average molecular weight is 429 g/mol. The van der Waals surface area contributed by atoms with E-state index in [-0.39, 0.29) is 38.3 Å². The molecular weight excluding hydrogens is 392 g/mol. The Hall–Kier alpha value is -0.770. The summed E-state index contributed by atoms with van der Waals surface area (Å²) in [5.74, 6) is -2.15. The number of ether oxygens (including phenoxy) is 1. The minimum Gasteiger partial charge on any atom is -0.466 e. The molecule has 0 heterocycles. The van der Waals surface area contributed by atoms with Gasteiger partial charge in [0.05, 0.1) is 54.1 Å². The van der Waals surface area contributed by atoms with Gasteiger partial charge in [-0.2, -0.15) is 0 Å². The van der Waals surface area contributed by atoms with Gasteiger partial charge in [0, 0.05) is 24.2 Å². The van der Waals surface area contributed by atoms with Gasteiger partial charge in [-0.05, 0) is 44.9 Å². The molecule has 0 bridgehead atoms. The number of aliphatic hydroxyl groups excluding tert-OH is 4. The maximum Gasteiger partial charge on any atom is 0.309 e. The summed E-state index contributed by atoms with van der Waals surface area (Å²) in [4.78, 5) is 12.6. The van der Waals surface area contributed by atoms with E-state index in [1.165, 1.54) is 0 Å². The van der Waals surface area contributed by atoms with Crippen molar-refractivity contribution >= 4 is 5.97 Å². The molecule has 0 aromatic carbocycles. The van der Waals surface area contributed by atoms with Gasteiger partial charge < -0.3 is 35.4 Å². The predicted octanol–water partition coefficient (Wildman–Crippen LogP) is -0.287. The van der Waals surface area contributed by atoms with E-state index >= 15 is 0 Å². The topological polar surface area (TPSA) is 148 Å². The first kappa shape index (κ1) is 22.4. The van der Waals surface area contributed by atoms with E-state index in [0.29, 0.717) is 19.3 Å². The lowest BCUT2D eigenvalue weighted by Gasteiger charge is -2.68. The molecule has 0 unspecified atom stereocenters. The Labute approximate surface area is 176 Å². The molecule has 172 valence electrons. The van der Waals surface area contributed by atoms with Crippen molar-refractivity contribution in [2.45, 2.75) is 88.3 Å². The molecule has 0 spiro atoms. The van der Waals surface area contributed by atoms with Crippen molar-refractivity contribution in [2.75, 3.05) is 13.2 Å². The van der Waals surface area contributed by atoms with Crippen LogP contribution in [-0.2, 0) is 9.53 Å². The van der Waals surface area contributed by atoms with Gasteiger partial charge in [-0.25, -0.2) is 0 Å². The van der Waals surface area contributed by atoms with E-state index in [2.05, 4.69) is 0 Å². The van der Waals surface area contributed by atoms with E-state index in [9.17, 15) is 35.4 Å². The molecule has 0 saturated heterocycles. The van der Waals surface area contributed by atoms with Crippen LogP contribution in [0, 0.1) is 28.6 Å². The molecular formula is C22H36O8. The number of fused-ring (bicyclic) bond motifs is 5. The van der Waals surface area contributed by atoms with Gasteiger partial charge in [0.25, 0.3) is 0 Å². The Balaban J connectivity index is 1.78. The Morgan fingerprint density at radius 3 is 2.43 bits per heavy atom. The molecule has 4 fully saturated rings. The number of rotatable bonds is 3. The Bertz CT molecular complexity index is 701. The minimum atomic E-state index is -1.54. The number of esters is 1. The fraction of sp³-hybridized carbons (Fsp3) is 0.955. The van der Waals surface area contributed by atoms with Crippen LogP contribution in [0.15, 0.2) is 0 Å². The predicted molar refractivity (Wildman–Crippen MR) is 105 cm³/mol. The summed E-state index contributed by atoms with van der Waals surface area (Å²) in [6, 6.07) is 0. The number of hydrogen-bond acceptors (Lipinski definition) is 8. The molecule has 0 amide bonds. The van der Waals surface area contributed by atoms with Crippen LogP contribution in [0.2, 0.25) is 0 Å². The number of hydrogen-bond donors (Lipinski definition) is 6. The molecule has 4 aliphatic carbocycles. The first-order valence-electron chi connectivity index (χ1n) is 11.3. The van der Waals surface area contributed by atoms with Gasteiger partial charge in [0.1, 0.15) is 0 Å². The summed E-state index contributed by atoms with van der Waals surface area (Å²) in [6.45, 7) is 3.25. The van der Waals surface area contributed by atoms with Gasteiger partial charge in [-0.15, -0.1) is 0 Å². The van der Waals surface area contributed by atoms with Crippen molar-refractivity contribution in [3.63, 3.8) is 0 Å². The molecule has 4 saturated carbocycles. The van der Waals surface area contributed by atoms with Crippen LogP contribution < -0.4 is 0 Å². The van der Waals surface area contributed by atoms with Gasteiger partial charge in [0.15, 0.2) is 0 Å². The van der Waals surface area contributed by atoms with Crippen LogP contribution in [0.4, 0.5) is 0 Å². The number of carbonyl (C=O) groups is 1. The highest BCUT2D eigenvalue weighted by molar-refractivity contribution is 5.74. The molecule has 0 aromatic rings. The monoisotopic (exact) mass is 428 g/mol. The van der Waals surface area contributed by atoms with Crippen LogP contribution in [0.3, 0.4) is 0 Å². The molecule has 4 aliphatic rings. The van der Waals surface area contributed by atoms with Gasteiger partial charge >= 0.3 is 5.97 Å². The quantitative estimate of drug-likeness (QED) is 0.336. The van der Waals surface area contributed by atoms with Crippen LogP contribution >= 0.6 is 0 Å². The standard InChI is InChI=1S/C22H36O8/c1-3-30-18(27)14-5-7-22(29)13-4-6-20(28)9-12(24)8-16(26)21(20,11-23)17(13)15(25)10-19(14,22)2/h12-17,23-26,28-29H,3-11H2,1-2H3/t12-,13-,14-,15+,16-,17-,19+,20+,21+,22-/m0/s1. The Kier molecular flexibility index (Phi) is 5.32. The SMILES string of the molecule is CCOC(=O)[C@@H]1CC[C@]2(O)[C@H]3CC[C@@]4(O)C[C@@H](O)C[C@H](O)[C@]4(CO)[C@@H]3[C@H](O)C[C@]12C. The summed E-state index contributed by atoms with van der Waals surface area (Å²) in [5, 5.41) is 66.5. The third kappa shape index (κ3) is 2.58. The maximum absolute atomic E-state index is 12.6. The van der Waals surface area contributed by atoms with E-state index in [1.54, 1.807) is 6.92 Å². The molecule has 0 aromatic heterocycles. The molecule has 8 nitrogen and oxygen atoms in total. The van der Waals surface area contributed by atoms with Crippen LogP contribution in [0.1, 0.15) is 58.8 Å². The zero-order chi connectivity index (χ0) is 22.1. The second-order valence-electron chi connectivity index (χ2n) is 10.5. The van der Waals surface area contributed by atoms with E-state index < -0.39 is 64.7 Å². The second-order valence-corrected chi connectivity index (χ2v) is 10.5. The molecule has 0 radical (unpaired) electrons. The average Bonchev–Trinajstić information content (AvgIpc) is 2.92. The van der Waals surface area contributed by atoms with Crippen molar-refractivity contribution in [1.82, 2.24) is 0 Å². The van der Waals surface area contributed by atoms with Gasteiger partial charge in [-0.1, -0.05) is 6.92 Å². The van der Waals surface area contributed by atoms with E-state index in [1.807, 2.05) is 6.92 Å². The molecule has 30 heavy (non-hydrogen) atoms. The van der Waals surface area contributed by atoms with Crippen molar-refractivity contribution in [3.05, 3.63) is 0 Å². The smallest absolute Gasteiger partial charge is 0.309 e. The summed E-state index contributed by atoms with van der Waals surface area (Å²) >= 11 is 0. The summed E-state index contributed by atoms with van der Waals surface area (Å²) in [6.07, 6.45) is -1.64. The fourth-order valence-electron chi connectivity index (χ4n) is 8.13. The first-order valence-corrected chi connectivity index (χ1v) is 11.3. The number of carbonyl (C=O) groups excluding carboxylic acids is 1. The molecule has 4 rings (SSSR count). The van der Waals surface area contributed by atoms with Crippen molar-refractivity contribution in [2.24, 2.45) is 28.6 Å². The molecule has 10 atom stereocenters. The highest BCUT2D eigenvalue weighted by atomic mass is 16.5. The lowest BCUT2D eigenvalue weighted by molar-refractivity contribution is -0.317. The normalized spacial score (nSPS) is 55.3. The van der Waals surface area contributed by atoms with Crippen LogP contribution in [-0.4, -0.2) is 79.3 Å². The molecule has 8 heteroatoms. The highest BCUT2D eigenvalue weighted by Gasteiger charge is 2.75. The van der Waals surface area contributed by atoms with Crippen LogP contribution in [0.5, 0.6) is 0 Å². The third-order valence-corrected chi connectivity index (χ3v) is 9.49. The maximum atomic E-state index is 12.6. The molecule has 6 N–H and O–H groups in total. The van der Waals surface area contributed by atoms with Crippen molar-refractivity contribution in [3.8, 4) is 0 Å². The largest absolute Gasteiger partial charge is 0.466 e. The third-order valence-electron chi connectivity index (χ3n) is 9.49. The zero-order valence-corrected chi connectivity index (χ0v) is 17.8. The van der Waals surface area contributed by atoms with Crippen molar-refractivity contribution < 1.29 is 40.2 Å². The summed E-state index contributed by atoms with van der Waals surface area (Å²) in [5.41, 5.74) is -5.16. The lowest BCUT2D eigenvalue weighted by atomic mass is 9.40. The minimum absolute atomic E-state index is 0.0000423. The van der Waals surface area contributed by atoms with Gasteiger partial charge in [-0.3, -0.25) is 4.79 Å². The fourth-order valence-corrected chi connectivity index (χ4v) is 8.13. The Morgan fingerprint density at radius 1 is 1.10 bits per heavy atom. The highest BCUT2D eigenvalue weighted by Crippen LogP contribution is 2.69. The van der Waals surface area contributed by atoms with Gasteiger partial charge in [0.2, 0.25) is 0 Å². The number of aliphatic hydroxyl groups is 6. The van der Waals surface area contributed by atoms with E-state index in [4.69, 9.17) is 4.74 Å². The zero-order valence-electron chi connectivity index (χ0n) is 17.8. The van der Waals surface area contributed by atoms with Crippen molar-refractivity contribution in [1.29, 1.82) is 0 Å². The summed E-state index contributed by atoms with van der Waals surface area (Å²) < 4.78 is 5.25. The van der Waals surface area contributed by atoms with E-state index in [0.717, 1.165) is 0 Å². The summed E-state index contributed by atoms with van der Waals surface area (Å²) in [7, 11) is 0. The lowest BCUT2D eigenvalue weighted by Crippen LogP contribution is -2.75. The second kappa shape index (κ2) is 7.12. The first-order chi connectivity index (χ1) is 14.0.